The van der Waals surface area contributed by atoms with Crippen LogP contribution in [-0.2, 0) is 0 Å². The minimum absolute atomic E-state index is 0.0177. The second-order valence-electron chi connectivity index (χ2n) is 8.33. The Kier molecular flexibility index (Phi) is 5.71. The minimum atomic E-state index is -0.587. The maximum absolute atomic E-state index is 14.9. The van der Waals surface area contributed by atoms with Gasteiger partial charge in [0.25, 0.3) is 0 Å². The molecule has 0 saturated carbocycles. The Morgan fingerprint density at radius 3 is 2.55 bits per heavy atom. The molecule has 4 aromatic rings. The van der Waals surface area contributed by atoms with E-state index in [1.807, 2.05) is 62.4 Å². The van der Waals surface area contributed by atoms with Crippen LogP contribution in [0.5, 0.6) is 0 Å². The maximum atomic E-state index is 14.9. The van der Waals surface area contributed by atoms with E-state index < -0.39 is 11.6 Å². The molecule has 0 spiro atoms. The number of para-hydroxylation sites is 1. The number of nitrogens with one attached hydrogen (secondary N) is 1. The predicted molar refractivity (Wildman–Crippen MR) is 133 cm³/mol. The lowest BCUT2D eigenvalue weighted by atomic mass is 9.80. The van der Waals surface area contributed by atoms with Crippen molar-refractivity contribution in [1.82, 2.24) is 9.97 Å². The monoisotopic (exact) mass is 505 g/mol. The Morgan fingerprint density at radius 2 is 1.76 bits per heavy atom. The smallest absolute Gasteiger partial charge is 0.163 e. The quantitative estimate of drug-likeness (QED) is 0.304. The van der Waals surface area contributed by atoms with Crippen LogP contribution in [-0.4, -0.2) is 9.97 Å². The summed E-state index contributed by atoms with van der Waals surface area (Å²) in [6, 6.07) is 17.9. The minimum Gasteiger partial charge on any atom is -0.339 e. The van der Waals surface area contributed by atoms with Crippen molar-refractivity contribution in [3.63, 3.8) is 0 Å². The van der Waals surface area contributed by atoms with Gasteiger partial charge in [0.05, 0.1) is 5.52 Å². The molecule has 5 rings (SSSR count). The van der Waals surface area contributed by atoms with Gasteiger partial charge in [-0.1, -0.05) is 53.2 Å². The van der Waals surface area contributed by atoms with E-state index in [2.05, 4.69) is 21.2 Å². The number of fused-ring (bicyclic) bond motifs is 2. The summed E-state index contributed by atoms with van der Waals surface area (Å²) in [4.78, 5) is 9.60. The molecule has 6 heteroatoms. The molecule has 1 aliphatic carbocycles. The molecule has 1 unspecified atom stereocenters. The molecule has 1 aliphatic rings. The van der Waals surface area contributed by atoms with Crippen LogP contribution in [0.4, 0.5) is 14.6 Å². The lowest BCUT2D eigenvalue weighted by Gasteiger charge is -2.29. The van der Waals surface area contributed by atoms with Gasteiger partial charge in [-0.25, -0.2) is 18.7 Å². The number of aromatic nitrogens is 2. The van der Waals surface area contributed by atoms with E-state index in [0.717, 1.165) is 39.0 Å². The Balaban J connectivity index is 1.69. The van der Waals surface area contributed by atoms with Crippen LogP contribution in [0.15, 0.2) is 70.7 Å². The van der Waals surface area contributed by atoms with Gasteiger partial charge in [0.1, 0.15) is 17.5 Å². The number of hydrogen-bond acceptors (Lipinski definition) is 3. The van der Waals surface area contributed by atoms with Gasteiger partial charge in [-0.15, -0.1) is 0 Å². The zero-order chi connectivity index (χ0) is 23.1. The summed E-state index contributed by atoms with van der Waals surface area (Å²) in [7, 11) is 0. The summed E-state index contributed by atoms with van der Waals surface area (Å²) in [5.41, 5.74) is 4.53. The molecule has 3 aromatic carbocycles. The molecular weight excluding hydrogens is 484 g/mol. The van der Waals surface area contributed by atoms with Crippen molar-refractivity contribution < 1.29 is 8.78 Å². The highest BCUT2D eigenvalue weighted by atomic mass is 79.9. The fourth-order valence-corrected chi connectivity index (χ4v) is 5.05. The standard InChI is InChI=1S/C27H22BrF2N3/c1-3-16-12-15(2)25(20-13-17(29)14-22(30)24(16)20)32-27-19-9-5-7-11-23(19)31-26(33-27)18-8-4-6-10-21(18)28/h4-11,13-14,16H,3,12H2,1-2H3,(H,31,32,33). The summed E-state index contributed by atoms with van der Waals surface area (Å²) in [6.07, 6.45) is 1.48. The zero-order valence-electron chi connectivity index (χ0n) is 18.3. The SMILES string of the molecule is CCC1CC(C)=C(Nc2nc(-c3ccccc3Br)nc3ccccc23)c2cc(F)cc(F)c21. The van der Waals surface area contributed by atoms with Crippen LogP contribution in [0, 0.1) is 11.6 Å². The molecule has 3 nitrogen and oxygen atoms in total. The number of nitrogens with zero attached hydrogens (tertiary/aromatic N) is 2. The largest absolute Gasteiger partial charge is 0.339 e. The molecule has 0 bridgehead atoms. The number of rotatable bonds is 4. The first-order chi connectivity index (χ1) is 16.0. The molecule has 0 amide bonds. The average Bonchev–Trinajstić information content (AvgIpc) is 2.80. The highest BCUT2D eigenvalue weighted by molar-refractivity contribution is 9.10. The van der Waals surface area contributed by atoms with Gasteiger partial charge in [-0.05, 0) is 55.5 Å². The number of anilines is 1. The van der Waals surface area contributed by atoms with Gasteiger partial charge in [-0.2, -0.15) is 0 Å². The topological polar surface area (TPSA) is 37.8 Å². The van der Waals surface area contributed by atoms with Crippen LogP contribution in [0.2, 0.25) is 0 Å². The molecule has 1 atom stereocenters. The fourth-order valence-electron chi connectivity index (χ4n) is 4.59. The Bertz CT molecular complexity index is 1410. The summed E-state index contributed by atoms with van der Waals surface area (Å²) in [6.45, 7) is 4.04. The number of halogens is 3. The maximum Gasteiger partial charge on any atom is 0.163 e. The number of hydrogen-bond donors (Lipinski definition) is 1. The summed E-state index contributed by atoms with van der Waals surface area (Å²) in [5.74, 6) is 0.104. The highest BCUT2D eigenvalue weighted by Gasteiger charge is 2.28. The summed E-state index contributed by atoms with van der Waals surface area (Å²) < 4.78 is 30.0. The van der Waals surface area contributed by atoms with E-state index in [9.17, 15) is 8.78 Å². The fraction of sp³-hybridized carbons (Fsp3) is 0.185. The molecule has 0 fully saturated rings. The van der Waals surface area contributed by atoms with Gasteiger partial charge >= 0.3 is 0 Å². The Hall–Kier alpha value is -3.12. The van der Waals surface area contributed by atoms with E-state index in [1.165, 1.54) is 6.07 Å². The second-order valence-corrected chi connectivity index (χ2v) is 9.19. The number of allylic oxidation sites excluding steroid dienone is 1. The molecule has 0 radical (unpaired) electrons. The van der Waals surface area contributed by atoms with E-state index in [0.29, 0.717) is 34.9 Å². The van der Waals surface area contributed by atoms with Crippen LogP contribution in [0.25, 0.3) is 28.0 Å². The van der Waals surface area contributed by atoms with E-state index in [4.69, 9.17) is 9.97 Å². The molecule has 0 saturated heterocycles. The molecule has 1 aromatic heterocycles. The summed E-state index contributed by atoms with van der Waals surface area (Å²) >= 11 is 3.59. The van der Waals surface area contributed by atoms with Gasteiger partial charge in [0.15, 0.2) is 5.82 Å². The lowest BCUT2D eigenvalue weighted by Crippen LogP contribution is -2.17. The lowest BCUT2D eigenvalue weighted by molar-refractivity contribution is 0.538. The van der Waals surface area contributed by atoms with Crippen LogP contribution in [0.1, 0.15) is 43.7 Å². The third kappa shape index (κ3) is 3.93. The van der Waals surface area contributed by atoms with Gasteiger partial charge in [-0.3, -0.25) is 0 Å². The zero-order valence-corrected chi connectivity index (χ0v) is 19.9. The molecule has 33 heavy (non-hydrogen) atoms. The van der Waals surface area contributed by atoms with Crippen LogP contribution < -0.4 is 5.32 Å². The van der Waals surface area contributed by atoms with Crippen molar-refractivity contribution in [3.8, 4) is 11.4 Å². The van der Waals surface area contributed by atoms with E-state index >= 15 is 0 Å². The van der Waals surface area contributed by atoms with Crippen molar-refractivity contribution in [2.45, 2.75) is 32.6 Å². The van der Waals surface area contributed by atoms with Crippen molar-refractivity contribution in [3.05, 3.63) is 93.5 Å². The molecule has 1 heterocycles. The van der Waals surface area contributed by atoms with Gasteiger partial charge in [0, 0.05) is 38.3 Å². The summed E-state index contributed by atoms with van der Waals surface area (Å²) in [5, 5.41) is 4.28. The normalized spacial score (nSPS) is 15.6. The van der Waals surface area contributed by atoms with Crippen molar-refractivity contribution >= 4 is 38.3 Å². The van der Waals surface area contributed by atoms with Gasteiger partial charge < -0.3 is 5.32 Å². The van der Waals surface area contributed by atoms with Crippen LogP contribution >= 0.6 is 15.9 Å². The Labute approximate surface area is 199 Å². The molecule has 1 N–H and O–H groups in total. The molecule has 0 aliphatic heterocycles. The van der Waals surface area contributed by atoms with Gasteiger partial charge in [0.2, 0.25) is 0 Å². The van der Waals surface area contributed by atoms with Crippen molar-refractivity contribution in [1.29, 1.82) is 0 Å². The molecule has 166 valence electrons. The second kappa shape index (κ2) is 8.67. The third-order valence-corrected chi connectivity index (χ3v) is 6.90. The first-order valence-electron chi connectivity index (χ1n) is 10.9. The first kappa shape index (κ1) is 21.7. The van der Waals surface area contributed by atoms with Crippen LogP contribution in [0.3, 0.4) is 0 Å². The predicted octanol–water partition coefficient (Wildman–Crippen LogP) is 8.08. The number of benzene rings is 3. The first-order valence-corrected chi connectivity index (χ1v) is 11.7. The molecular formula is C27H22BrF2N3. The third-order valence-electron chi connectivity index (χ3n) is 6.21. The van der Waals surface area contributed by atoms with Crippen molar-refractivity contribution in [2.75, 3.05) is 5.32 Å². The van der Waals surface area contributed by atoms with E-state index in [1.54, 1.807) is 0 Å². The van der Waals surface area contributed by atoms with E-state index in [-0.39, 0.29) is 5.92 Å². The Morgan fingerprint density at radius 1 is 1.00 bits per heavy atom. The highest BCUT2D eigenvalue weighted by Crippen LogP contribution is 2.42. The van der Waals surface area contributed by atoms with Crippen molar-refractivity contribution in [2.24, 2.45) is 0 Å². The average molecular weight is 506 g/mol.